The van der Waals surface area contributed by atoms with Crippen molar-refractivity contribution in [2.45, 2.75) is 19.8 Å². The van der Waals surface area contributed by atoms with Gasteiger partial charge in [-0.25, -0.2) is 4.39 Å². The predicted molar refractivity (Wildman–Crippen MR) is 88.5 cm³/mol. The summed E-state index contributed by atoms with van der Waals surface area (Å²) in [5, 5.41) is 2.73. The first-order chi connectivity index (χ1) is 10.9. The van der Waals surface area contributed by atoms with Gasteiger partial charge in [-0.05, 0) is 45.1 Å². The van der Waals surface area contributed by atoms with E-state index in [1.54, 1.807) is 18.2 Å². The van der Waals surface area contributed by atoms with Crippen molar-refractivity contribution in [3.05, 3.63) is 35.6 Å². The predicted octanol–water partition coefficient (Wildman–Crippen LogP) is 1.28. The molecule has 0 unspecified atom stereocenters. The van der Waals surface area contributed by atoms with E-state index in [2.05, 4.69) is 5.32 Å². The highest BCUT2D eigenvalue weighted by Crippen LogP contribution is 2.06. The average Bonchev–Trinajstić information content (AvgIpc) is 2.47. The third kappa shape index (κ3) is 7.74. The van der Waals surface area contributed by atoms with Gasteiger partial charge >= 0.3 is 0 Å². The number of nitrogens with zero attached hydrogens (tertiary/aromatic N) is 2. The highest BCUT2D eigenvalue weighted by Gasteiger charge is 2.13. The first-order valence-corrected chi connectivity index (χ1v) is 7.80. The Hall–Kier alpha value is -1.95. The molecule has 0 bridgehead atoms. The molecular formula is C17H26FN3O2. The van der Waals surface area contributed by atoms with E-state index < -0.39 is 0 Å². The topological polar surface area (TPSA) is 52.7 Å². The highest BCUT2D eigenvalue weighted by atomic mass is 19.1. The molecule has 0 heterocycles. The first kappa shape index (κ1) is 19.1. The lowest BCUT2D eigenvalue weighted by Gasteiger charge is -2.21. The lowest BCUT2D eigenvalue weighted by atomic mass is 10.1. The molecule has 0 saturated heterocycles. The number of carbonyl (C=O) groups is 2. The van der Waals surface area contributed by atoms with Gasteiger partial charge in [-0.1, -0.05) is 18.2 Å². The van der Waals surface area contributed by atoms with Crippen LogP contribution in [0.15, 0.2) is 24.3 Å². The summed E-state index contributed by atoms with van der Waals surface area (Å²) in [4.78, 5) is 27.1. The van der Waals surface area contributed by atoms with Crippen LogP contribution < -0.4 is 5.32 Å². The number of hydrogen-bond donors (Lipinski definition) is 1. The molecule has 0 spiro atoms. The summed E-state index contributed by atoms with van der Waals surface area (Å²) in [7, 11) is 3.93. The third-order valence-electron chi connectivity index (χ3n) is 3.49. The fourth-order valence-corrected chi connectivity index (χ4v) is 2.19. The normalized spacial score (nSPS) is 10.7. The van der Waals surface area contributed by atoms with Gasteiger partial charge in [-0.3, -0.25) is 9.59 Å². The molecule has 0 atom stereocenters. The van der Waals surface area contributed by atoms with Crippen molar-refractivity contribution in [1.82, 2.24) is 15.1 Å². The molecule has 0 aliphatic heterocycles. The number of amides is 2. The molecule has 0 saturated carbocycles. The van der Waals surface area contributed by atoms with Crippen molar-refractivity contribution in [2.24, 2.45) is 0 Å². The SMILES string of the molecule is CC(=O)N(CCCN(C)C)CC(=O)NCCc1ccccc1F. The molecule has 1 N–H and O–H groups in total. The van der Waals surface area contributed by atoms with E-state index in [-0.39, 0.29) is 24.2 Å². The molecule has 1 aromatic carbocycles. The van der Waals surface area contributed by atoms with Crippen LogP contribution in [0.1, 0.15) is 18.9 Å². The van der Waals surface area contributed by atoms with Crippen LogP contribution in [-0.4, -0.2) is 61.9 Å². The molecule has 23 heavy (non-hydrogen) atoms. The Morgan fingerprint density at radius 3 is 2.48 bits per heavy atom. The molecule has 0 aliphatic rings. The fourth-order valence-electron chi connectivity index (χ4n) is 2.19. The molecule has 6 heteroatoms. The van der Waals surface area contributed by atoms with E-state index in [4.69, 9.17) is 0 Å². The minimum atomic E-state index is -0.268. The maximum atomic E-state index is 13.5. The van der Waals surface area contributed by atoms with E-state index in [1.165, 1.54) is 17.9 Å². The van der Waals surface area contributed by atoms with Gasteiger partial charge in [0.2, 0.25) is 11.8 Å². The Labute approximate surface area is 137 Å². The highest BCUT2D eigenvalue weighted by molar-refractivity contribution is 5.83. The molecule has 1 aromatic rings. The van der Waals surface area contributed by atoms with Gasteiger partial charge in [0.15, 0.2) is 0 Å². The van der Waals surface area contributed by atoms with Crippen LogP contribution in [0.25, 0.3) is 0 Å². The Kier molecular flexibility index (Phi) is 8.26. The number of carbonyl (C=O) groups excluding carboxylic acids is 2. The standard InChI is InChI=1S/C17H26FN3O2/c1-14(22)21(12-6-11-20(2)3)13-17(23)19-10-9-15-7-4-5-8-16(15)18/h4-5,7-8H,6,9-13H2,1-3H3,(H,19,23). The minimum absolute atomic E-state index is 0.0417. The maximum Gasteiger partial charge on any atom is 0.239 e. The van der Waals surface area contributed by atoms with Gasteiger partial charge in [0.1, 0.15) is 5.82 Å². The van der Waals surface area contributed by atoms with Gasteiger partial charge in [0.25, 0.3) is 0 Å². The number of hydrogen-bond acceptors (Lipinski definition) is 3. The second-order valence-corrected chi connectivity index (χ2v) is 5.79. The lowest BCUT2D eigenvalue weighted by molar-refractivity contribution is -0.134. The number of benzene rings is 1. The summed E-state index contributed by atoms with van der Waals surface area (Å²) < 4.78 is 13.5. The average molecular weight is 323 g/mol. The molecular weight excluding hydrogens is 297 g/mol. The van der Waals surface area contributed by atoms with Gasteiger partial charge in [-0.15, -0.1) is 0 Å². The van der Waals surface area contributed by atoms with E-state index in [9.17, 15) is 14.0 Å². The summed E-state index contributed by atoms with van der Waals surface area (Å²) in [6.07, 6.45) is 1.24. The molecule has 1 rings (SSSR count). The van der Waals surface area contributed by atoms with Crippen LogP contribution in [0.5, 0.6) is 0 Å². The zero-order chi connectivity index (χ0) is 17.2. The van der Waals surface area contributed by atoms with Crippen molar-refractivity contribution in [3.63, 3.8) is 0 Å². The second kappa shape index (κ2) is 9.94. The van der Waals surface area contributed by atoms with Crippen molar-refractivity contribution >= 4 is 11.8 Å². The van der Waals surface area contributed by atoms with Crippen molar-refractivity contribution in [1.29, 1.82) is 0 Å². The van der Waals surface area contributed by atoms with Crippen molar-refractivity contribution < 1.29 is 14.0 Å². The summed E-state index contributed by atoms with van der Waals surface area (Å²) >= 11 is 0. The molecule has 128 valence electrons. The molecule has 0 fully saturated rings. The first-order valence-electron chi connectivity index (χ1n) is 7.80. The van der Waals surface area contributed by atoms with Crippen molar-refractivity contribution in [2.75, 3.05) is 40.3 Å². The quantitative estimate of drug-likeness (QED) is 0.745. The Balaban J connectivity index is 2.35. The minimum Gasteiger partial charge on any atom is -0.354 e. The van der Waals surface area contributed by atoms with Crippen LogP contribution in [0.4, 0.5) is 4.39 Å². The van der Waals surface area contributed by atoms with Gasteiger partial charge in [0, 0.05) is 20.0 Å². The fraction of sp³-hybridized carbons (Fsp3) is 0.529. The molecule has 0 aromatic heterocycles. The number of rotatable bonds is 9. The number of nitrogens with one attached hydrogen (secondary N) is 1. The largest absolute Gasteiger partial charge is 0.354 e. The van der Waals surface area contributed by atoms with E-state index in [0.29, 0.717) is 25.1 Å². The van der Waals surface area contributed by atoms with Crippen LogP contribution >= 0.6 is 0 Å². The zero-order valence-corrected chi connectivity index (χ0v) is 14.1. The third-order valence-corrected chi connectivity index (χ3v) is 3.49. The van der Waals surface area contributed by atoms with E-state index in [0.717, 1.165) is 13.0 Å². The van der Waals surface area contributed by atoms with Gasteiger partial charge in [-0.2, -0.15) is 0 Å². The van der Waals surface area contributed by atoms with Gasteiger partial charge in [0.05, 0.1) is 6.54 Å². The van der Waals surface area contributed by atoms with E-state index in [1.807, 2.05) is 19.0 Å². The van der Waals surface area contributed by atoms with Crippen LogP contribution in [-0.2, 0) is 16.0 Å². The summed E-state index contributed by atoms with van der Waals surface area (Å²) in [5.74, 6) is -0.606. The Morgan fingerprint density at radius 1 is 1.17 bits per heavy atom. The smallest absolute Gasteiger partial charge is 0.239 e. The Bertz CT molecular complexity index is 520. The molecule has 5 nitrogen and oxygen atoms in total. The van der Waals surface area contributed by atoms with Crippen molar-refractivity contribution in [3.8, 4) is 0 Å². The monoisotopic (exact) mass is 323 g/mol. The van der Waals surface area contributed by atoms with Crippen LogP contribution in [0.2, 0.25) is 0 Å². The molecule has 0 aliphatic carbocycles. The maximum absolute atomic E-state index is 13.5. The lowest BCUT2D eigenvalue weighted by Crippen LogP contribution is -2.41. The van der Waals surface area contributed by atoms with Gasteiger partial charge < -0.3 is 15.1 Å². The van der Waals surface area contributed by atoms with Crippen LogP contribution in [0, 0.1) is 5.82 Å². The zero-order valence-electron chi connectivity index (χ0n) is 14.1. The summed E-state index contributed by atoms with van der Waals surface area (Å²) in [5.41, 5.74) is 0.571. The van der Waals surface area contributed by atoms with Crippen LogP contribution in [0.3, 0.4) is 0 Å². The summed E-state index contributed by atoms with van der Waals surface area (Å²) in [6, 6.07) is 6.50. The summed E-state index contributed by atoms with van der Waals surface area (Å²) in [6.45, 7) is 3.26. The second-order valence-electron chi connectivity index (χ2n) is 5.79. The Morgan fingerprint density at radius 2 is 1.87 bits per heavy atom. The molecule has 0 radical (unpaired) electrons. The van der Waals surface area contributed by atoms with E-state index >= 15 is 0 Å². The molecule has 2 amide bonds. The number of halogens is 1.